The van der Waals surface area contributed by atoms with E-state index in [4.69, 9.17) is 0 Å². The van der Waals surface area contributed by atoms with Gasteiger partial charge in [0.1, 0.15) is 5.78 Å². The number of Topliss-reactive ketones (excluding diaryl/α,β-unsaturated/α-hetero) is 1. The lowest BCUT2D eigenvalue weighted by Crippen LogP contribution is -2.35. The summed E-state index contributed by atoms with van der Waals surface area (Å²) in [6.07, 6.45) is 0. The van der Waals surface area contributed by atoms with Crippen LogP contribution in [0.25, 0.3) is 0 Å². The number of ketones is 1. The summed E-state index contributed by atoms with van der Waals surface area (Å²) in [6, 6.07) is 0. The summed E-state index contributed by atoms with van der Waals surface area (Å²) in [6.45, 7) is 2.91. The molecule has 0 atom stereocenters. The molecular weight excluding hydrogens is 162 g/mol. The van der Waals surface area contributed by atoms with Crippen molar-refractivity contribution in [3.63, 3.8) is 0 Å². The second-order valence-corrected chi connectivity index (χ2v) is 2.11. The van der Waals surface area contributed by atoms with Gasteiger partial charge in [0.25, 0.3) is 0 Å². The third kappa shape index (κ3) is 4.43. The fourth-order valence-corrected chi connectivity index (χ4v) is 0.474. The van der Waals surface area contributed by atoms with Crippen molar-refractivity contribution in [2.45, 2.75) is 13.8 Å². The molecule has 0 aromatic heterocycles. The number of hydrogen-bond donors (Lipinski definition) is 1. The van der Waals surface area contributed by atoms with Gasteiger partial charge in [-0.1, -0.05) is 0 Å². The smallest absolute Gasteiger partial charge is 0.396 e. The Labute approximate surface area is 70.1 Å². The molecule has 0 fully saturated rings. The molecule has 0 saturated heterocycles. The van der Waals surface area contributed by atoms with Crippen LogP contribution in [0, 0.1) is 0 Å². The minimum Gasteiger partial charge on any atom is -0.459 e. The molecule has 1 N–H and O–H groups in total. The first-order chi connectivity index (χ1) is 5.57. The molecule has 0 unspecified atom stereocenters. The summed E-state index contributed by atoms with van der Waals surface area (Å²) < 4.78 is 4.37. The maximum Gasteiger partial charge on any atom is 0.396 e. The van der Waals surface area contributed by atoms with E-state index in [0.717, 1.165) is 0 Å². The minimum absolute atomic E-state index is 0.141. The topological polar surface area (TPSA) is 72.5 Å². The lowest BCUT2D eigenvalue weighted by molar-refractivity contribution is -0.154. The van der Waals surface area contributed by atoms with E-state index in [0.29, 0.717) is 0 Å². The van der Waals surface area contributed by atoms with Crippen molar-refractivity contribution >= 4 is 17.7 Å². The van der Waals surface area contributed by atoms with Crippen molar-refractivity contribution in [1.82, 2.24) is 5.32 Å². The molecule has 0 saturated carbocycles. The fourth-order valence-electron chi connectivity index (χ4n) is 0.474. The van der Waals surface area contributed by atoms with Gasteiger partial charge in [-0.15, -0.1) is 0 Å². The van der Waals surface area contributed by atoms with E-state index in [9.17, 15) is 14.4 Å². The van der Waals surface area contributed by atoms with Gasteiger partial charge in [0.2, 0.25) is 0 Å². The highest BCUT2D eigenvalue weighted by atomic mass is 16.5. The second-order valence-electron chi connectivity index (χ2n) is 2.11. The van der Waals surface area contributed by atoms with Crippen molar-refractivity contribution in [2.75, 3.05) is 13.2 Å². The van der Waals surface area contributed by atoms with Gasteiger partial charge in [0.15, 0.2) is 0 Å². The van der Waals surface area contributed by atoms with Crippen LogP contribution in [-0.4, -0.2) is 30.8 Å². The zero-order valence-electron chi connectivity index (χ0n) is 7.05. The van der Waals surface area contributed by atoms with Crippen LogP contribution in [0.5, 0.6) is 0 Å². The lowest BCUT2D eigenvalue weighted by atomic mass is 10.4. The van der Waals surface area contributed by atoms with E-state index in [1.54, 1.807) is 6.92 Å². The number of carbonyl (C=O) groups is 3. The monoisotopic (exact) mass is 173 g/mol. The zero-order chi connectivity index (χ0) is 9.56. The molecule has 5 nitrogen and oxygen atoms in total. The van der Waals surface area contributed by atoms with E-state index in [-0.39, 0.29) is 18.9 Å². The number of esters is 1. The molecule has 0 heterocycles. The van der Waals surface area contributed by atoms with Gasteiger partial charge in [0, 0.05) is 0 Å². The summed E-state index contributed by atoms with van der Waals surface area (Å²) in [4.78, 5) is 31.7. The van der Waals surface area contributed by atoms with Gasteiger partial charge in [0.05, 0.1) is 13.2 Å². The maximum absolute atomic E-state index is 10.7. The van der Waals surface area contributed by atoms with Crippen molar-refractivity contribution in [1.29, 1.82) is 0 Å². The Morgan fingerprint density at radius 2 is 1.92 bits per heavy atom. The van der Waals surface area contributed by atoms with Gasteiger partial charge >= 0.3 is 11.9 Å². The van der Waals surface area contributed by atoms with Crippen LogP contribution in [-0.2, 0) is 19.1 Å². The number of carbonyl (C=O) groups excluding carboxylic acids is 3. The Morgan fingerprint density at radius 3 is 2.33 bits per heavy atom. The maximum atomic E-state index is 10.7. The lowest BCUT2D eigenvalue weighted by Gasteiger charge is -2.01. The molecule has 5 heteroatoms. The predicted molar refractivity (Wildman–Crippen MR) is 40.3 cm³/mol. The molecular formula is C7H11NO4. The van der Waals surface area contributed by atoms with Crippen LogP contribution in [0.1, 0.15) is 13.8 Å². The van der Waals surface area contributed by atoms with Crippen molar-refractivity contribution < 1.29 is 19.1 Å². The highest BCUT2D eigenvalue weighted by molar-refractivity contribution is 6.32. The largest absolute Gasteiger partial charge is 0.459 e. The van der Waals surface area contributed by atoms with Crippen molar-refractivity contribution in [3.05, 3.63) is 0 Å². The molecule has 12 heavy (non-hydrogen) atoms. The Kier molecular flexibility index (Phi) is 4.67. The molecule has 0 aromatic carbocycles. The predicted octanol–water partition coefficient (Wildman–Crippen LogP) is -0.745. The third-order valence-electron chi connectivity index (χ3n) is 0.959. The Bertz CT molecular complexity index is 200. The van der Waals surface area contributed by atoms with Gasteiger partial charge < -0.3 is 10.1 Å². The summed E-state index contributed by atoms with van der Waals surface area (Å²) in [5.41, 5.74) is 0. The first-order valence-corrected chi connectivity index (χ1v) is 3.52. The zero-order valence-corrected chi connectivity index (χ0v) is 7.05. The van der Waals surface area contributed by atoms with Crippen molar-refractivity contribution in [2.24, 2.45) is 0 Å². The number of ether oxygens (including phenoxy) is 1. The summed E-state index contributed by atoms with van der Waals surface area (Å²) in [5.74, 6) is -2.06. The molecule has 68 valence electrons. The molecule has 0 radical (unpaired) electrons. The van der Waals surface area contributed by atoms with E-state index in [2.05, 4.69) is 10.1 Å². The van der Waals surface area contributed by atoms with Crippen LogP contribution in [0.3, 0.4) is 0 Å². The SMILES string of the molecule is CCOC(=O)C(=O)NCC(C)=O. The molecule has 0 aliphatic heterocycles. The summed E-state index contributed by atoms with van der Waals surface area (Å²) in [5, 5.41) is 2.10. The van der Waals surface area contributed by atoms with E-state index in [1.807, 2.05) is 0 Å². The third-order valence-corrected chi connectivity index (χ3v) is 0.959. The summed E-state index contributed by atoms with van der Waals surface area (Å²) >= 11 is 0. The molecule has 0 bridgehead atoms. The van der Waals surface area contributed by atoms with Gasteiger partial charge in [-0.3, -0.25) is 9.59 Å². The summed E-state index contributed by atoms with van der Waals surface area (Å²) in [7, 11) is 0. The van der Waals surface area contributed by atoms with E-state index >= 15 is 0 Å². The van der Waals surface area contributed by atoms with E-state index < -0.39 is 11.9 Å². The average molecular weight is 173 g/mol. The standard InChI is InChI=1S/C7H11NO4/c1-3-12-7(11)6(10)8-4-5(2)9/h3-4H2,1-2H3,(H,8,10). The van der Waals surface area contributed by atoms with Gasteiger partial charge in [-0.25, -0.2) is 4.79 Å². The highest BCUT2D eigenvalue weighted by Crippen LogP contribution is 1.77. The number of amides is 1. The Balaban J connectivity index is 3.72. The molecule has 0 aromatic rings. The van der Waals surface area contributed by atoms with Crippen LogP contribution in [0.4, 0.5) is 0 Å². The van der Waals surface area contributed by atoms with E-state index in [1.165, 1.54) is 6.92 Å². The average Bonchev–Trinajstić information content (AvgIpc) is 2.00. The molecule has 1 amide bonds. The Morgan fingerprint density at radius 1 is 1.33 bits per heavy atom. The van der Waals surface area contributed by atoms with Gasteiger partial charge in [-0.05, 0) is 13.8 Å². The number of nitrogens with one attached hydrogen (secondary N) is 1. The van der Waals surface area contributed by atoms with Crippen LogP contribution in [0.15, 0.2) is 0 Å². The quantitative estimate of drug-likeness (QED) is 0.450. The van der Waals surface area contributed by atoms with Crippen LogP contribution in [0.2, 0.25) is 0 Å². The fraction of sp³-hybridized carbons (Fsp3) is 0.571. The molecule has 0 rings (SSSR count). The second kappa shape index (κ2) is 5.29. The van der Waals surface area contributed by atoms with Crippen molar-refractivity contribution in [3.8, 4) is 0 Å². The molecule has 0 aliphatic rings. The highest BCUT2D eigenvalue weighted by Gasteiger charge is 2.13. The van der Waals surface area contributed by atoms with Gasteiger partial charge in [-0.2, -0.15) is 0 Å². The first-order valence-electron chi connectivity index (χ1n) is 3.52. The van der Waals surface area contributed by atoms with Crippen LogP contribution < -0.4 is 5.32 Å². The molecule has 0 aliphatic carbocycles. The first kappa shape index (κ1) is 10.6. The molecule has 0 spiro atoms. The minimum atomic E-state index is -0.959. The number of rotatable bonds is 3. The number of hydrogen-bond acceptors (Lipinski definition) is 4. The van der Waals surface area contributed by atoms with Crippen LogP contribution >= 0.6 is 0 Å². The Hall–Kier alpha value is -1.39. The normalized spacial score (nSPS) is 8.83.